The molecule has 5 heteroatoms. The average molecular weight is 265 g/mol. The van der Waals surface area contributed by atoms with Crippen LogP contribution in [0.2, 0.25) is 0 Å². The van der Waals surface area contributed by atoms with Crippen LogP contribution in [0.25, 0.3) is 0 Å². The van der Waals surface area contributed by atoms with Crippen molar-refractivity contribution in [3.05, 3.63) is 29.4 Å². The predicted molar refractivity (Wildman–Crippen MR) is 74.1 cm³/mol. The van der Waals surface area contributed by atoms with Gasteiger partial charge in [0.05, 0.1) is 17.1 Å². The van der Waals surface area contributed by atoms with Gasteiger partial charge in [0.2, 0.25) is 0 Å². The first-order valence-electron chi connectivity index (χ1n) is 6.60. The van der Waals surface area contributed by atoms with Crippen molar-refractivity contribution in [2.45, 2.75) is 27.7 Å². The molecule has 0 fully saturated rings. The molecule has 1 aromatic heterocycles. The van der Waals surface area contributed by atoms with Gasteiger partial charge in [-0.05, 0) is 17.9 Å². The van der Waals surface area contributed by atoms with Crippen molar-refractivity contribution in [1.29, 1.82) is 0 Å². The van der Waals surface area contributed by atoms with E-state index in [1.165, 1.54) is 12.4 Å². The fourth-order valence-electron chi connectivity index (χ4n) is 1.46. The minimum Gasteiger partial charge on any atom is -0.429 e. The lowest BCUT2D eigenvalue weighted by Gasteiger charge is -2.09. The zero-order chi connectivity index (χ0) is 14.4. The summed E-state index contributed by atoms with van der Waals surface area (Å²) in [5, 5.41) is 12.9. The number of rotatable bonds is 5. The van der Waals surface area contributed by atoms with Gasteiger partial charge in [-0.3, -0.25) is 9.79 Å². The van der Waals surface area contributed by atoms with Crippen LogP contribution in [0.15, 0.2) is 23.5 Å². The molecule has 0 aromatic carbocycles. The summed E-state index contributed by atoms with van der Waals surface area (Å²) in [6.45, 7) is 9.44. The van der Waals surface area contributed by atoms with Crippen molar-refractivity contribution in [2.75, 3.05) is 13.1 Å². The van der Waals surface area contributed by atoms with E-state index >= 15 is 0 Å². The fraction of sp³-hybridized carbons (Fsp3) is 0.571. The van der Waals surface area contributed by atoms with E-state index in [1.54, 1.807) is 6.07 Å². The van der Waals surface area contributed by atoms with Crippen molar-refractivity contribution < 1.29 is 10.0 Å². The van der Waals surface area contributed by atoms with Crippen LogP contribution < -0.4 is 10.7 Å². The highest BCUT2D eigenvalue weighted by atomic mass is 16.5. The van der Waals surface area contributed by atoms with E-state index in [0.717, 1.165) is 4.73 Å². The second-order valence-electron chi connectivity index (χ2n) is 5.46. The van der Waals surface area contributed by atoms with Crippen molar-refractivity contribution in [2.24, 2.45) is 16.8 Å². The summed E-state index contributed by atoms with van der Waals surface area (Å²) in [7, 11) is 0. The van der Waals surface area contributed by atoms with Crippen molar-refractivity contribution >= 4 is 5.91 Å². The first kappa shape index (κ1) is 15.3. The van der Waals surface area contributed by atoms with Crippen LogP contribution in [0, 0.1) is 11.8 Å². The van der Waals surface area contributed by atoms with Crippen LogP contribution in [-0.4, -0.2) is 28.9 Å². The molecule has 0 unspecified atom stereocenters. The molecule has 0 atom stereocenters. The Morgan fingerprint density at radius 3 is 2.63 bits per heavy atom. The van der Waals surface area contributed by atoms with Crippen LogP contribution in [0.5, 0.6) is 0 Å². The molecule has 5 nitrogen and oxygen atoms in total. The number of hydrogen-bond donors (Lipinski definition) is 2. The molecular formula is C14H23N3O2. The minimum atomic E-state index is -0.209. The van der Waals surface area contributed by atoms with Crippen molar-refractivity contribution in [3.8, 4) is 0 Å². The van der Waals surface area contributed by atoms with E-state index in [1.807, 2.05) is 13.8 Å². The summed E-state index contributed by atoms with van der Waals surface area (Å²) >= 11 is 0. The molecule has 106 valence electrons. The summed E-state index contributed by atoms with van der Waals surface area (Å²) in [5.41, 5.74) is 0.395. The van der Waals surface area contributed by atoms with Gasteiger partial charge in [0.15, 0.2) is 0 Å². The normalized spacial score (nSPS) is 12.2. The number of hydrogen-bond acceptors (Lipinski definition) is 3. The minimum absolute atomic E-state index is 0.209. The van der Waals surface area contributed by atoms with Gasteiger partial charge < -0.3 is 10.5 Å². The maximum Gasteiger partial charge on any atom is 0.255 e. The average Bonchev–Trinajstić information content (AvgIpc) is 2.34. The van der Waals surface area contributed by atoms with Gasteiger partial charge in [0.1, 0.15) is 0 Å². The van der Waals surface area contributed by atoms with Crippen molar-refractivity contribution in [3.63, 3.8) is 0 Å². The largest absolute Gasteiger partial charge is 0.429 e. The zero-order valence-corrected chi connectivity index (χ0v) is 12.1. The Morgan fingerprint density at radius 1 is 1.37 bits per heavy atom. The van der Waals surface area contributed by atoms with Gasteiger partial charge in [-0.1, -0.05) is 27.7 Å². The van der Waals surface area contributed by atoms with Crippen LogP contribution in [0.4, 0.5) is 0 Å². The Bertz CT molecular complexity index is 490. The summed E-state index contributed by atoms with van der Waals surface area (Å²) < 4.78 is 0.874. The number of pyridine rings is 1. The number of aromatic nitrogens is 1. The van der Waals surface area contributed by atoms with E-state index in [-0.39, 0.29) is 5.91 Å². The van der Waals surface area contributed by atoms with Gasteiger partial charge in [0.25, 0.3) is 5.91 Å². The molecule has 0 aliphatic carbocycles. The molecule has 19 heavy (non-hydrogen) atoms. The van der Waals surface area contributed by atoms with E-state index in [4.69, 9.17) is 0 Å². The Morgan fingerprint density at radius 2 is 2.05 bits per heavy atom. The number of carbonyl (C=O) groups excluding carboxylic acids is 1. The van der Waals surface area contributed by atoms with Gasteiger partial charge in [-0.15, -0.1) is 0 Å². The molecule has 1 amide bonds. The molecule has 2 N–H and O–H groups in total. The SMILES string of the molecule is CC(C)CN=c1ccn(O)cc1C(=O)NCC(C)C. The summed E-state index contributed by atoms with van der Waals surface area (Å²) in [6.07, 6.45) is 2.85. The Kier molecular flexibility index (Phi) is 5.60. The molecule has 0 aliphatic heterocycles. The van der Waals surface area contributed by atoms with Crippen LogP contribution in [-0.2, 0) is 0 Å². The third kappa shape index (κ3) is 5.16. The van der Waals surface area contributed by atoms with Gasteiger partial charge >= 0.3 is 0 Å². The standard InChI is InChI=1S/C14H23N3O2/c1-10(2)7-15-13-5-6-17(19)9-12(13)14(18)16-8-11(3)4/h5-6,9-11,19H,7-8H2,1-4H3,(H,16,18). The van der Waals surface area contributed by atoms with E-state index < -0.39 is 0 Å². The number of nitrogens with zero attached hydrogens (tertiary/aromatic N) is 2. The molecule has 1 rings (SSSR count). The second kappa shape index (κ2) is 6.97. The molecule has 1 heterocycles. The summed E-state index contributed by atoms with van der Waals surface area (Å²) in [6, 6.07) is 1.65. The molecule has 0 saturated carbocycles. The highest BCUT2D eigenvalue weighted by molar-refractivity contribution is 5.93. The topological polar surface area (TPSA) is 66.6 Å². The fourth-order valence-corrected chi connectivity index (χ4v) is 1.46. The van der Waals surface area contributed by atoms with Gasteiger partial charge in [0, 0.05) is 19.3 Å². The van der Waals surface area contributed by atoms with Crippen molar-refractivity contribution in [1.82, 2.24) is 10.0 Å². The molecule has 1 aromatic rings. The van der Waals surface area contributed by atoms with E-state index in [9.17, 15) is 10.0 Å². The lowest BCUT2D eigenvalue weighted by molar-refractivity contribution is 0.0941. The number of carbonyl (C=O) groups is 1. The first-order valence-corrected chi connectivity index (χ1v) is 6.60. The molecule has 0 bridgehead atoms. The molecule has 0 spiro atoms. The smallest absolute Gasteiger partial charge is 0.255 e. The maximum atomic E-state index is 12.1. The quantitative estimate of drug-likeness (QED) is 0.795. The Labute approximate surface area is 114 Å². The zero-order valence-electron chi connectivity index (χ0n) is 12.1. The third-order valence-corrected chi connectivity index (χ3v) is 2.46. The van der Waals surface area contributed by atoms with E-state index in [0.29, 0.717) is 35.8 Å². The van der Waals surface area contributed by atoms with Crippen LogP contribution >= 0.6 is 0 Å². The Hall–Kier alpha value is -1.78. The summed E-state index contributed by atoms with van der Waals surface area (Å²) in [4.78, 5) is 16.5. The van der Waals surface area contributed by atoms with Gasteiger partial charge in [-0.2, -0.15) is 0 Å². The Balaban J connectivity index is 3.00. The summed E-state index contributed by atoms with van der Waals surface area (Å²) in [5.74, 6) is 0.595. The third-order valence-electron chi connectivity index (χ3n) is 2.46. The molecule has 0 saturated heterocycles. The first-order chi connectivity index (χ1) is 8.90. The predicted octanol–water partition coefficient (Wildman–Crippen LogP) is 1.67. The highest BCUT2D eigenvalue weighted by Crippen LogP contribution is 1.96. The van der Waals surface area contributed by atoms with Gasteiger partial charge in [-0.25, -0.2) is 4.73 Å². The molecule has 0 aliphatic rings. The van der Waals surface area contributed by atoms with Crippen LogP contribution in [0.1, 0.15) is 38.1 Å². The molecule has 0 radical (unpaired) electrons. The number of amides is 1. The molecular weight excluding hydrogens is 242 g/mol. The lowest BCUT2D eigenvalue weighted by Crippen LogP contribution is -2.32. The highest BCUT2D eigenvalue weighted by Gasteiger charge is 2.09. The number of nitrogens with one attached hydrogen (secondary N) is 1. The van der Waals surface area contributed by atoms with Crippen LogP contribution in [0.3, 0.4) is 0 Å². The lowest BCUT2D eigenvalue weighted by atomic mass is 10.2. The maximum absolute atomic E-state index is 12.1. The monoisotopic (exact) mass is 265 g/mol. The van der Waals surface area contributed by atoms with E-state index in [2.05, 4.69) is 24.2 Å². The second-order valence-corrected chi connectivity index (χ2v) is 5.46.